The number of nitrogens with zero attached hydrogens (tertiary/aromatic N) is 1. The van der Waals surface area contributed by atoms with Crippen LogP contribution < -0.4 is 11.1 Å². The molecule has 1 aromatic carbocycles. The van der Waals surface area contributed by atoms with Crippen LogP contribution in [0.15, 0.2) is 30.3 Å². The van der Waals surface area contributed by atoms with E-state index in [1.807, 2.05) is 30.3 Å². The van der Waals surface area contributed by atoms with E-state index in [9.17, 15) is 4.79 Å². The Bertz CT molecular complexity index is 458. The molecule has 1 saturated heterocycles. The maximum absolute atomic E-state index is 12.4. The number of piperidine rings is 1. The second-order valence-corrected chi connectivity index (χ2v) is 6.06. The van der Waals surface area contributed by atoms with Gasteiger partial charge in [-0.2, -0.15) is 0 Å². The highest BCUT2D eigenvalue weighted by Crippen LogP contribution is 2.19. The number of nitrogens with two attached hydrogens (primary N) is 1. The summed E-state index contributed by atoms with van der Waals surface area (Å²) in [6, 6.07) is 10.00. The van der Waals surface area contributed by atoms with E-state index in [-0.39, 0.29) is 5.91 Å². The number of amides is 1. The zero-order valence-corrected chi connectivity index (χ0v) is 13.1. The lowest BCUT2D eigenvalue weighted by Gasteiger charge is -2.35. The molecule has 1 heterocycles. The zero-order valence-electron chi connectivity index (χ0n) is 13.1. The van der Waals surface area contributed by atoms with E-state index >= 15 is 0 Å². The zero-order chi connectivity index (χ0) is 15.3. The van der Waals surface area contributed by atoms with Gasteiger partial charge in [-0.1, -0.05) is 43.7 Å². The standard InChI is InChI=1S/C17H27N3O/c1-3-20-12-8-7-11-15(20)13-19-16(21)17(2,18)14-9-5-4-6-10-14/h4-6,9-10,15H,3,7-8,11-13,18H2,1-2H3,(H,19,21). The summed E-state index contributed by atoms with van der Waals surface area (Å²) >= 11 is 0. The topological polar surface area (TPSA) is 58.4 Å². The average Bonchev–Trinajstić information content (AvgIpc) is 2.53. The van der Waals surface area contributed by atoms with Crippen molar-refractivity contribution >= 4 is 5.91 Å². The van der Waals surface area contributed by atoms with Gasteiger partial charge in [0, 0.05) is 12.6 Å². The predicted octanol–water partition coefficient (Wildman–Crippen LogP) is 1.85. The van der Waals surface area contributed by atoms with Gasteiger partial charge in [0.15, 0.2) is 0 Å². The number of likely N-dealkylation sites (tertiary alicyclic amines) is 1. The molecule has 3 N–H and O–H groups in total. The van der Waals surface area contributed by atoms with E-state index in [1.165, 1.54) is 12.8 Å². The van der Waals surface area contributed by atoms with Gasteiger partial charge in [-0.15, -0.1) is 0 Å². The van der Waals surface area contributed by atoms with E-state index in [4.69, 9.17) is 5.73 Å². The molecule has 1 aromatic rings. The fourth-order valence-electron chi connectivity index (χ4n) is 3.02. The minimum atomic E-state index is -0.979. The molecular formula is C17H27N3O. The predicted molar refractivity (Wildman–Crippen MR) is 85.9 cm³/mol. The number of carbonyl (C=O) groups excluding carboxylic acids is 1. The smallest absolute Gasteiger partial charge is 0.244 e. The Hall–Kier alpha value is -1.39. The molecule has 0 radical (unpaired) electrons. The van der Waals surface area contributed by atoms with Crippen LogP contribution in [-0.2, 0) is 10.3 Å². The van der Waals surface area contributed by atoms with Crippen LogP contribution in [0.4, 0.5) is 0 Å². The van der Waals surface area contributed by atoms with Gasteiger partial charge in [-0.25, -0.2) is 0 Å². The summed E-state index contributed by atoms with van der Waals surface area (Å²) in [5, 5.41) is 3.05. The molecule has 2 unspecified atom stereocenters. The van der Waals surface area contributed by atoms with Crippen LogP contribution in [-0.4, -0.2) is 36.5 Å². The number of carbonyl (C=O) groups is 1. The fourth-order valence-corrected chi connectivity index (χ4v) is 3.02. The molecule has 0 bridgehead atoms. The number of hydrogen-bond donors (Lipinski definition) is 2. The van der Waals surface area contributed by atoms with Gasteiger partial charge >= 0.3 is 0 Å². The first kappa shape index (κ1) is 16.0. The molecule has 4 nitrogen and oxygen atoms in total. The molecule has 0 aromatic heterocycles. The summed E-state index contributed by atoms with van der Waals surface area (Å²) < 4.78 is 0. The number of likely N-dealkylation sites (N-methyl/N-ethyl adjacent to an activating group) is 1. The van der Waals surface area contributed by atoms with Gasteiger partial charge in [0.05, 0.1) is 0 Å². The number of benzene rings is 1. The molecule has 1 fully saturated rings. The SMILES string of the molecule is CCN1CCCCC1CNC(=O)C(C)(N)c1ccccc1. The Morgan fingerprint density at radius 2 is 2.10 bits per heavy atom. The quantitative estimate of drug-likeness (QED) is 0.870. The van der Waals surface area contributed by atoms with Crippen molar-refractivity contribution in [1.29, 1.82) is 0 Å². The second-order valence-electron chi connectivity index (χ2n) is 6.06. The van der Waals surface area contributed by atoms with Crippen molar-refractivity contribution in [3.8, 4) is 0 Å². The van der Waals surface area contributed by atoms with Crippen LogP contribution in [0.3, 0.4) is 0 Å². The molecule has 116 valence electrons. The van der Waals surface area contributed by atoms with Gasteiger partial charge in [0.2, 0.25) is 5.91 Å². The van der Waals surface area contributed by atoms with Gasteiger partial charge in [0.1, 0.15) is 5.54 Å². The van der Waals surface area contributed by atoms with Crippen molar-refractivity contribution < 1.29 is 4.79 Å². The summed E-state index contributed by atoms with van der Waals surface area (Å²) in [7, 11) is 0. The van der Waals surface area contributed by atoms with Crippen LogP contribution in [0.5, 0.6) is 0 Å². The summed E-state index contributed by atoms with van der Waals surface area (Å²) in [5.74, 6) is -0.102. The maximum atomic E-state index is 12.4. The molecule has 0 saturated carbocycles. The third-order valence-corrected chi connectivity index (χ3v) is 4.50. The lowest BCUT2D eigenvalue weighted by Crippen LogP contribution is -2.53. The largest absolute Gasteiger partial charge is 0.353 e. The highest BCUT2D eigenvalue weighted by atomic mass is 16.2. The van der Waals surface area contributed by atoms with Crippen molar-refractivity contribution in [3.63, 3.8) is 0 Å². The Morgan fingerprint density at radius 3 is 2.76 bits per heavy atom. The van der Waals surface area contributed by atoms with Crippen LogP contribution in [0.1, 0.15) is 38.7 Å². The summed E-state index contributed by atoms with van der Waals surface area (Å²) in [4.78, 5) is 14.9. The normalized spacial score (nSPS) is 22.5. The lowest BCUT2D eigenvalue weighted by molar-refractivity contribution is -0.126. The van der Waals surface area contributed by atoms with Crippen molar-refractivity contribution in [2.45, 2.75) is 44.7 Å². The van der Waals surface area contributed by atoms with Crippen molar-refractivity contribution in [3.05, 3.63) is 35.9 Å². The fraction of sp³-hybridized carbons (Fsp3) is 0.588. The molecule has 0 spiro atoms. The minimum absolute atomic E-state index is 0.102. The Labute approximate surface area is 127 Å². The van der Waals surface area contributed by atoms with E-state index in [0.717, 1.165) is 25.1 Å². The van der Waals surface area contributed by atoms with Crippen molar-refractivity contribution in [2.24, 2.45) is 5.73 Å². The van der Waals surface area contributed by atoms with Gasteiger partial charge < -0.3 is 11.1 Å². The summed E-state index contributed by atoms with van der Waals surface area (Å²) in [5.41, 5.74) is 6.11. The van der Waals surface area contributed by atoms with Gasteiger partial charge in [-0.3, -0.25) is 9.69 Å². The Morgan fingerprint density at radius 1 is 1.38 bits per heavy atom. The van der Waals surface area contributed by atoms with E-state index < -0.39 is 5.54 Å². The third kappa shape index (κ3) is 3.83. The first-order valence-electron chi connectivity index (χ1n) is 7.92. The lowest BCUT2D eigenvalue weighted by atomic mass is 9.92. The number of rotatable bonds is 5. The second kappa shape index (κ2) is 7.05. The molecule has 2 rings (SSSR count). The molecule has 1 amide bonds. The molecule has 0 aliphatic carbocycles. The Kier molecular flexibility index (Phi) is 5.37. The van der Waals surface area contributed by atoms with Crippen LogP contribution in [0.2, 0.25) is 0 Å². The third-order valence-electron chi connectivity index (χ3n) is 4.50. The molecule has 4 heteroatoms. The van der Waals surface area contributed by atoms with Gasteiger partial charge in [0.25, 0.3) is 0 Å². The van der Waals surface area contributed by atoms with E-state index in [1.54, 1.807) is 6.92 Å². The first-order valence-corrected chi connectivity index (χ1v) is 7.92. The monoisotopic (exact) mass is 289 g/mol. The highest BCUT2D eigenvalue weighted by molar-refractivity contribution is 5.87. The first-order chi connectivity index (χ1) is 10.1. The van der Waals surface area contributed by atoms with E-state index in [0.29, 0.717) is 12.6 Å². The number of nitrogens with one attached hydrogen (secondary N) is 1. The van der Waals surface area contributed by atoms with Crippen LogP contribution in [0, 0.1) is 0 Å². The van der Waals surface area contributed by atoms with Crippen molar-refractivity contribution in [2.75, 3.05) is 19.6 Å². The maximum Gasteiger partial charge on any atom is 0.244 e. The Balaban J connectivity index is 1.94. The molecule has 1 aliphatic heterocycles. The highest BCUT2D eigenvalue weighted by Gasteiger charge is 2.31. The summed E-state index contributed by atoms with van der Waals surface area (Å²) in [6.07, 6.45) is 3.66. The summed E-state index contributed by atoms with van der Waals surface area (Å²) in [6.45, 7) is 6.81. The van der Waals surface area contributed by atoms with E-state index in [2.05, 4.69) is 17.1 Å². The molecule has 2 atom stereocenters. The average molecular weight is 289 g/mol. The molecular weight excluding hydrogens is 262 g/mol. The van der Waals surface area contributed by atoms with Gasteiger partial charge in [-0.05, 0) is 38.4 Å². The number of hydrogen-bond acceptors (Lipinski definition) is 3. The molecule has 21 heavy (non-hydrogen) atoms. The van der Waals surface area contributed by atoms with Crippen LogP contribution in [0.25, 0.3) is 0 Å². The van der Waals surface area contributed by atoms with Crippen LogP contribution >= 0.6 is 0 Å². The minimum Gasteiger partial charge on any atom is -0.353 e. The van der Waals surface area contributed by atoms with Crippen molar-refractivity contribution in [1.82, 2.24) is 10.2 Å². The molecule has 1 aliphatic rings.